The highest BCUT2D eigenvalue weighted by Crippen LogP contribution is 2.23. The third-order valence-corrected chi connectivity index (χ3v) is 1.94. The Morgan fingerprint density at radius 2 is 1.93 bits per heavy atom. The summed E-state index contributed by atoms with van der Waals surface area (Å²) < 4.78 is 5.32. The second-order valence-corrected chi connectivity index (χ2v) is 3.48. The van der Waals surface area contributed by atoms with Crippen LogP contribution in [0.4, 0.5) is 0 Å². The van der Waals surface area contributed by atoms with Crippen molar-refractivity contribution in [1.29, 1.82) is 0 Å². The molecule has 0 heterocycles. The molecule has 0 unspecified atom stereocenters. The Bertz CT molecular complexity index is 344. The van der Waals surface area contributed by atoms with Gasteiger partial charge in [-0.15, -0.1) is 0 Å². The minimum Gasteiger partial charge on any atom is -0.492 e. The number of hydrogen-bond acceptors (Lipinski definition) is 3. The van der Waals surface area contributed by atoms with E-state index in [1.807, 2.05) is 0 Å². The van der Waals surface area contributed by atoms with Gasteiger partial charge in [-0.2, -0.15) is 0 Å². The van der Waals surface area contributed by atoms with Crippen molar-refractivity contribution >= 4 is 40.6 Å². The molecule has 0 aromatic heterocycles. The van der Waals surface area contributed by atoms with Crippen molar-refractivity contribution < 1.29 is 4.74 Å². The van der Waals surface area contributed by atoms with Crippen molar-refractivity contribution in [2.45, 2.75) is 0 Å². The van der Waals surface area contributed by atoms with Gasteiger partial charge in [-0.25, -0.2) is 4.99 Å². The first-order valence-electron chi connectivity index (χ1n) is 3.85. The zero-order chi connectivity index (χ0) is 10.4. The van der Waals surface area contributed by atoms with Gasteiger partial charge >= 0.3 is 0 Å². The molecule has 0 amide bonds. The molecule has 0 aliphatic rings. The lowest BCUT2D eigenvalue weighted by molar-refractivity contribution is 0.329. The number of rotatable bonds is 4. The van der Waals surface area contributed by atoms with Gasteiger partial charge in [0.05, 0.1) is 11.7 Å². The van der Waals surface area contributed by atoms with Crippen LogP contribution in [0.25, 0.3) is 0 Å². The lowest BCUT2D eigenvalue weighted by Crippen LogP contribution is -2.00. The molecule has 74 valence electrons. The second kappa shape index (κ2) is 5.99. The summed E-state index contributed by atoms with van der Waals surface area (Å²) in [6.07, 6.45) is 0. The molecule has 2 nitrogen and oxygen atoms in total. The van der Waals surface area contributed by atoms with E-state index in [-0.39, 0.29) is 0 Å². The SMILES string of the molecule is S=C=NCCOc1cc(Cl)cc(Cl)c1. The van der Waals surface area contributed by atoms with Crippen molar-refractivity contribution in [1.82, 2.24) is 0 Å². The fraction of sp³-hybridized carbons (Fsp3) is 0.222. The number of isothiocyanates is 1. The van der Waals surface area contributed by atoms with Crippen molar-refractivity contribution in [2.75, 3.05) is 13.2 Å². The van der Waals surface area contributed by atoms with E-state index in [0.29, 0.717) is 28.9 Å². The third kappa shape index (κ3) is 4.07. The van der Waals surface area contributed by atoms with Gasteiger partial charge in [0, 0.05) is 10.0 Å². The summed E-state index contributed by atoms with van der Waals surface area (Å²) in [7, 11) is 0. The number of hydrogen-bond donors (Lipinski definition) is 0. The molecule has 1 aromatic rings. The van der Waals surface area contributed by atoms with E-state index in [1.54, 1.807) is 18.2 Å². The molecule has 5 heteroatoms. The minimum atomic E-state index is 0.431. The van der Waals surface area contributed by atoms with Gasteiger partial charge in [-0.05, 0) is 30.4 Å². The summed E-state index contributed by atoms with van der Waals surface area (Å²) in [6.45, 7) is 0.911. The largest absolute Gasteiger partial charge is 0.492 e. The first-order valence-corrected chi connectivity index (χ1v) is 5.01. The average molecular weight is 248 g/mol. The molecule has 0 bridgehead atoms. The summed E-state index contributed by atoms with van der Waals surface area (Å²) >= 11 is 16.0. The molecule has 0 saturated carbocycles. The predicted octanol–water partition coefficient (Wildman–Crippen LogP) is 3.48. The van der Waals surface area contributed by atoms with E-state index >= 15 is 0 Å². The van der Waals surface area contributed by atoms with Crippen LogP contribution in [-0.4, -0.2) is 18.3 Å². The summed E-state index contributed by atoms with van der Waals surface area (Å²) in [5.74, 6) is 0.627. The topological polar surface area (TPSA) is 21.6 Å². The van der Waals surface area contributed by atoms with Gasteiger partial charge in [0.25, 0.3) is 0 Å². The van der Waals surface area contributed by atoms with Crippen LogP contribution in [0.5, 0.6) is 5.75 Å². The fourth-order valence-electron chi connectivity index (χ4n) is 0.867. The zero-order valence-electron chi connectivity index (χ0n) is 7.17. The van der Waals surface area contributed by atoms with E-state index in [2.05, 4.69) is 22.4 Å². The van der Waals surface area contributed by atoms with Crippen LogP contribution in [0.1, 0.15) is 0 Å². The number of ether oxygens (including phenoxy) is 1. The molecule has 0 aliphatic carbocycles. The highest BCUT2D eigenvalue weighted by Gasteiger charge is 1.98. The molecular formula is C9H7Cl2NOS. The lowest BCUT2D eigenvalue weighted by atomic mass is 10.3. The predicted molar refractivity (Wildman–Crippen MR) is 61.9 cm³/mol. The molecule has 0 atom stereocenters. The van der Waals surface area contributed by atoms with Crippen LogP contribution in [0.15, 0.2) is 23.2 Å². The van der Waals surface area contributed by atoms with E-state index in [9.17, 15) is 0 Å². The third-order valence-electron chi connectivity index (χ3n) is 1.37. The maximum absolute atomic E-state index is 5.77. The number of nitrogens with zero attached hydrogens (tertiary/aromatic N) is 1. The van der Waals surface area contributed by atoms with Gasteiger partial charge in [0.15, 0.2) is 0 Å². The van der Waals surface area contributed by atoms with E-state index in [0.717, 1.165) is 0 Å². The maximum Gasteiger partial charge on any atom is 0.122 e. The maximum atomic E-state index is 5.77. The monoisotopic (exact) mass is 247 g/mol. The molecule has 0 saturated heterocycles. The van der Waals surface area contributed by atoms with Gasteiger partial charge in [0.1, 0.15) is 12.4 Å². The van der Waals surface area contributed by atoms with Gasteiger partial charge in [0.2, 0.25) is 0 Å². The van der Waals surface area contributed by atoms with Crippen LogP contribution < -0.4 is 4.74 Å². The first-order chi connectivity index (χ1) is 6.72. The fourth-order valence-corrected chi connectivity index (χ4v) is 1.46. The van der Waals surface area contributed by atoms with Crippen LogP contribution in [-0.2, 0) is 0 Å². The number of aliphatic imine (C=N–C) groups is 1. The number of halogens is 2. The highest BCUT2D eigenvalue weighted by atomic mass is 35.5. The molecule has 0 fully saturated rings. The average Bonchev–Trinajstić information content (AvgIpc) is 2.11. The van der Waals surface area contributed by atoms with Gasteiger partial charge in [-0.1, -0.05) is 23.2 Å². The van der Waals surface area contributed by atoms with Crippen LogP contribution in [0.2, 0.25) is 10.0 Å². The molecule has 1 rings (SSSR count). The van der Waals surface area contributed by atoms with Crippen LogP contribution in [0.3, 0.4) is 0 Å². The van der Waals surface area contributed by atoms with Crippen molar-refractivity contribution in [3.8, 4) is 5.75 Å². The Morgan fingerprint density at radius 1 is 1.29 bits per heavy atom. The second-order valence-electron chi connectivity index (χ2n) is 2.43. The Labute approximate surface area is 97.5 Å². The zero-order valence-corrected chi connectivity index (χ0v) is 9.49. The molecule has 1 aromatic carbocycles. The Kier molecular flexibility index (Phi) is 4.91. The lowest BCUT2D eigenvalue weighted by Gasteiger charge is -2.04. The summed E-state index contributed by atoms with van der Waals surface area (Å²) in [6, 6.07) is 5.02. The summed E-state index contributed by atoms with van der Waals surface area (Å²) in [5, 5.41) is 3.35. The standard InChI is InChI=1S/C9H7Cl2NOS/c10-7-3-8(11)5-9(4-7)13-2-1-12-6-14/h3-5H,1-2H2. The normalized spacial score (nSPS) is 9.29. The molecule has 0 aliphatic heterocycles. The van der Waals surface area contributed by atoms with E-state index in [4.69, 9.17) is 27.9 Å². The Balaban J connectivity index is 2.54. The highest BCUT2D eigenvalue weighted by molar-refractivity contribution is 7.78. The van der Waals surface area contributed by atoms with Crippen molar-refractivity contribution in [3.05, 3.63) is 28.2 Å². The number of thiocarbonyl (C=S) groups is 1. The molecular weight excluding hydrogens is 241 g/mol. The van der Waals surface area contributed by atoms with Crippen LogP contribution >= 0.6 is 35.4 Å². The molecule has 0 N–H and O–H groups in total. The van der Waals surface area contributed by atoms with Gasteiger partial charge in [-0.3, -0.25) is 0 Å². The smallest absolute Gasteiger partial charge is 0.122 e. The molecule has 0 spiro atoms. The van der Waals surface area contributed by atoms with Crippen molar-refractivity contribution in [2.24, 2.45) is 4.99 Å². The van der Waals surface area contributed by atoms with Crippen LogP contribution in [0, 0.1) is 0 Å². The quantitative estimate of drug-likeness (QED) is 0.462. The Hall–Kier alpha value is -0.600. The number of benzene rings is 1. The molecule has 14 heavy (non-hydrogen) atoms. The summed E-state index contributed by atoms with van der Waals surface area (Å²) in [5.41, 5.74) is 0. The van der Waals surface area contributed by atoms with Gasteiger partial charge < -0.3 is 4.74 Å². The minimum absolute atomic E-state index is 0.431. The first kappa shape index (κ1) is 11.5. The summed E-state index contributed by atoms with van der Waals surface area (Å²) in [4.78, 5) is 3.71. The molecule has 0 radical (unpaired) electrons. The van der Waals surface area contributed by atoms with E-state index < -0.39 is 0 Å². The van der Waals surface area contributed by atoms with Crippen molar-refractivity contribution in [3.63, 3.8) is 0 Å². The van der Waals surface area contributed by atoms with E-state index in [1.165, 1.54) is 0 Å². The Morgan fingerprint density at radius 3 is 2.50 bits per heavy atom.